The Morgan fingerprint density at radius 2 is 1.87 bits per heavy atom. The number of carbonyl (C=O) groups is 1. The van der Waals surface area contributed by atoms with Crippen molar-refractivity contribution in [3.05, 3.63) is 65.2 Å². The maximum Gasteiger partial charge on any atom is 0.234 e. The molecular weight excluding hydrogens is 437 g/mol. The second-order valence-corrected chi connectivity index (χ2v) is 8.75. The normalized spacial score (nSPS) is 14.5. The lowest BCUT2D eigenvalue weighted by Crippen LogP contribution is -2.30. The molecule has 31 heavy (non-hydrogen) atoms. The Hall–Kier alpha value is -2.42. The molecule has 1 N–H and O–H groups in total. The third kappa shape index (κ3) is 5.64. The number of nitrogens with zero attached hydrogens (tertiary/aromatic N) is 4. The second kappa shape index (κ2) is 10.3. The lowest BCUT2D eigenvalue weighted by Gasteiger charge is -2.26. The van der Waals surface area contributed by atoms with Crippen LogP contribution in [0.3, 0.4) is 0 Å². The van der Waals surface area contributed by atoms with Crippen LogP contribution < -0.4 is 5.32 Å². The van der Waals surface area contributed by atoms with Crippen molar-refractivity contribution in [1.29, 1.82) is 0 Å². The zero-order valence-corrected chi connectivity index (χ0v) is 18.5. The summed E-state index contributed by atoms with van der Waals surface area (Å²) in [6.07, 6.45) is 3.66. The molecule has 162 valence electrons. The highest BCUT2D eigenvalue weighted by molar-refractivity contribution is 7.99. The van der Waals surface area contributed by atoms with Crippen LogP contribution in [-0.2, 0) is 11.3 Å². The van der Waals surface area contributed by atoms with Crippen molar-refractivity contribution in [2.24, 2.45) is 0 Å². The molecule has 4 rings (SSSR count). The lowest BCUT2D eigenvalue weighted by molar-refractivity contribution is -0.113. The minimum atomic E-state index is -0.529. The van der Waals surface area contributed by atoms with E-state index in [1.54, 1.807) is 0 Å². The molecule has 1 aliphatic rings. The summed E-state index contributed by atoms with van der Waals surface area (Å²) in [7, 11) is 0. The van der Waals surface area contributed by atoms with Gasteiger partial charge in [0.25, 0.3) is 0 Å². The van der Waals surface area contributed by atoms with E-state index in [-0.39, 0.29) is 17.3 Å². The summed E-state index contributed by atoms with van der Waals surface area (Å²) in [5.41, 5.74) is 1.01. The summed E-state index contributed by atoms with van der Waals surface area (Å²) in [5, 5.41) is 12.3. The second-order valence-electron chi connectivity index (χ2n) is 7.37. The van der Waals surface area contributed by atoms with E-state index < -0.39 is 5.82 Å². The van der Waals surface area contributed by atoms with Gasteiger partial charge >= 0.3 is 0 Å². The quantitative estimate of drug-likeness (QED) is 0.515. The van der Waals surface area contributed by atoms with Gasteiger partial charge in [-0.15, -0.1) is 10.2 Å². The minimum absolute atomic E-state index is 0.0633. The third-order valence-corrected chi connectivity index (χ3v) is 6.23. The Labute approximate surface area is 189 Å². The summed E-state index contributed by atoms with van der Waals surface area (Å²) < 4.78 is 15.9. The van der Waals surface area contributed by atoms with Crippen molar-refractivity contribution >= 4 is 35.0 Å². The summed E-state index contributed by atoms with van der Waals surface area (Å²) >= 11 is 7.16. The zero-order valence-electron chi connectivity index (χ0n) is 16.9. The Morgan fingerprint density at radius 3 is 2.65 bits per heavy atom. The molecule has 1 saturated heterocycles. The predicted octanol–water partition coefficient (Wildman–Crippen LogP) is 4.78. The number of hydrogen-bond donors (Lipinski definition) is 1. The molecule has 6 nitrogen and oxygen atoms in total. The molecule has 1 aromatic heterocycles. The first-order valence-electron chi connectivity index (χ1n) is 10.2. The van der Waals surface area contributed by atoms with E-state index in [2.05, 4.69) is 20.4 Å². The fourth-order valence-corrected chi connectivity index (χ4v) is 4.50. The number of carbonyl (C=O) groups excluding carboxylic acids is 1. The van der Waals surface area contributed by atoms with Gasteiger partial charge in [0.05, 0.1) is 18.0 Å². The number of halogens is 2. The summed E-state index contributed by atoms with van der Waals surface area (Å²) in [6, 6.07) is 13.9. The van der Waals surface area contributed by atoms with E-state index in [1.807, 2.05) is 34.9 Å². The molecule has 1 fully saturated rings. The summed E-state index contributed by atoms with van der Waals surface area (Å²) in [6.45, 7) is 2.82. The Kier molecular flexibility index (Phi) is 7.21. The minimum Gasteiger partial charge on any atom is -0.323 e. The number of thioether (sulfide) groups is 1. The summed E-state index contributed by atoms with van der Waals surface area (Å²) in [5.74, 6) is 0.0444. The number of para-hydroxylation sites is 1. The first-order valence-corrected chi connectivity index (χ1v) is 11.6. The molecule has 2 aromatic carbocycles. The van der Waals surface area contributed by atoms with Gasteiger partial charge in [-0.3, -0.25) is 14.3 Å². The molecule has 0 aliphatic carbocycles. The van der Waals surface area contributed by atoms with Gasteiger partial charge in [0.2, 0.25) is 5.91 Å². The average molecular weight is 460 g/mol. The third-order valence-electron chi connectivity index (χ3n) is 5.06. The van der Waals surface area contributed by atoms with E-state index in [1.165, 1.54) is 49.2 Å². The molecule has 0 bridgehead atoms. The number of rotatable bonds is 7. The SMILES string of the molecule is O=C(CSc1nnc(CN2CCCCC2)n1-c1ccccc1)Nc1cc(Cl)ccc1F. The highest BCUT2D eigenvalue weighted by atomic mass is 35.5. The smallest absolute Gasteiger partial charge is 0.234 e. The van der Waals surface area contributed by atoms with Gasteiger partial charge < -0.3 is 5.32 Å². The van der Waals surface area contributed by atoms with Gasteiger partial charge in [-0.2, -0.15) is 0 Å². The van der Waals surface area contributed by atoms with Gasteiger partial charge in [-0.1, -0.05) is 48.0 Å². The van der Waals surface area contributed by atoms with Crippen molar-refractivity contribution < 1.29 is 9.18 Å². The number of hydrogen-bond acceptors (Lipinski definition) is 5. The van der Waals surface area contributed by atoms with Gasteiger partial charge in [0, 0.05) is 10.7 Å². The molecule has 9 heteroatoms. The largest absolute Gasteiger partial charge is 0.323 e. The van der Waals surface area contributed by atoms with Crippen molar-refractivity contribution in [2.75, 3.05) is 24.2 Å². The fraction of sp³-hybridized carbons (Fsp3) is 0.318. The topological polar surface area (TPSA) is 63.1 Å². The first-order chi connectivity index (χ1) is 15.1. The van der Waals surface area contributed by atoms with Crippen LogP contribution in [0.25, 0.3) is 5.69 Å². The highest BCUT2D eigenvalue weighted by Crippen LogP contribution is 2.25. The van der Waals surface area contributed by atoms with Crippen molar-refractivity contribution in [3.63, 3.8) is 0 Å². The number of piperidine rings is 1. The van der Waals surface area contributed by atoms with Crippen molar-refractivity contribution in [2.45, 2.75) is 31.0 Å². The van der Waals surface area contributed by atoms with E-state index >= 15 is 0 Å². The molecule has 0 saturated carbocycles. The molecule has 0 unspecified atom stereocenters. The molecule has 2 heterocycles. The van der Waals surface area contributed by atoms with Crippen LogP contribution in [0.15, 0.2) is 53.7 Å². The van der Waals surface area contributed by atoms with Crippen LogP contribution in [-0.4, -0.2) is 44.4 Å². The Bertz CT molecular complexity index is 1040. The van der Waals surface area contributed by atoms with Gasteiger partial charge in [0.15, 0.2) is 11.0 Å². The van der Waals surface area contributed by atoms with Gasteiger partial charge in [-0.05, 0) is 56.3 Å². The monoisotopic (exact) mass is 459 g/mol. The van der Waals surface area contributed by atoms with E-state index in [9.17, 15) is 9.18 Å². The number of aromatic nitrogens is 3. The van der Waals surface area contributed by atoms with E-state index in [4.69, 9.17) is 11.6 Å². The van der Waals surface area contributed by atoms with Crippen LogP contribution in [0, 0.1) is 5.82 Å². The molecule has 0 radical (unpaired) electrons. The van der Waals surface area contributed by atoms with Crippen molar-refractivity contribution in [3.8, 4) is 5.69 Å². The number of nitrogens with one attached hydrogen (secondary N) is 1. The van der Waals surface area contributed by atoms with Crippen LogP contribution in [0.5, 0.6) is 0 Å². The van der Waals surface area contributed by atoms with E-state index in [0.717, 1.165) is 24.6 Å². The average Bonchev–Trinajstić information content (AvgIpc) is 3.18. The predicted molar refractivity (Wildman–Crippen MR) is 121 cm³/mol. The maximum absolute atomic E-state index is 13.9. The maximum atomic E-state index is 13.9. The lowest BCUT2D eigenvalue weighted by atomic mass is 10.1. The zero-order chi connectivity index (χ0) is 21.6. The molecule has 3 aromatic rings. The summed E-state index contributed by atoms with van der Waals surface area (Å²) in [4.78, 5) is 14.8. The molecule has 1 aliphatic heterocycles. The van der Waals surface area contributed by atoms with Crippen LogP contribution in [0.4, 0.5) is 10.1 Å². The highest BCUT2D eigenvalue weighted by Gasteiger charge is 2.19. The molecule has 1 amide bonds. The standard InChI is InChI=1S/C22H23ClFN5OS/c23-16-9-10-18(24)19(13-16)25-21(30)15-31-22-27-26-20(14-28-11-5-2-6-12-28)29(22)17-7-3-1-4-8-17/h1,3-4,7-10,13H,2,5-6,11-12,14-15H2,(H,25,30). The van der Waals surface area contributed by atoms with Crippen LogP contribution >= 0.6 is 23.4 Å². The Balaban J connectivity index is 1.49. The van der Waals surface area contributed by atoms with Crippen LogP contribution in [0.1, 0.15) is 25.1 Å². The van der Waals surface area contributed by atoms with E-state index in [0.29, 0.717) is 16.7 Å². The van der Waals surface area contributed by atoms with Gasteiger partial charge in [-0.25, -0.2) is 4.39 Å². The van der Waals surface area contributed by atoms with Crippen LogP contribution in [0.2, 0.25) is 5.02 Å². The molecule has 0 spiro atoms. The number of anilines is 1. The number of likely N-dealkylation sites (tertiary alicyclic amines) is 1. The molecule has 0 atom stereocenters. The van der Waals surface area contributed by atoms with Gasteiger partial charge in [0.1, 0.15) is 5.82 Å². The fourth-order valence-electron chi connectivity index (χ4n) is 3.56. The number of amides is 1. The first kappa shape index (κ1) is 21.8. The van der Waals surface area contributed by atoms with Crippen molar-refractivity contribution in [1.82, 2.24) is 19.7 Å². The number of benzene rings is 2. The molecular formula is C22H23ClFN5OS. The Morgan fingerprint density at radius 1 is 1.10 bits per heavy atom.